The van der Waals surface area contributed by atoms with Crippen LogP contribution in [0.1, 0.15) is 45.9 Å². The number of nitrogens with zero attached hydrogens (tertiary/aromatic N) is 2. The molecule has 0 saturated heterocycles. The topological polar surface area (TPSA) is 46.9 Å². The van der Waals surface area contributed by atoms with E-state index in [1.54, 1.807) is 0 Å². The Labute approximate surface area is 89.7 Å². The summed E-state index contributed by atoms with van der Waals surface area (Å²) in [5.74, 6) is 0.886. The third kappa shape index (κ3) is 1.54. The molecule has 0 saturated carbocycles. The van der Waals surface area contributed by atoms with Gasteiger partial charge in [0, 0.05) is 11.5 Å². The zero-order valence-corrected chi connectivity index (χ0v) is 9.66. The van der Waals surface area contributed by atoms with E-state index in [0.29, 0.717) is 0 Å². The normalized spacial score (nSPS) is 20.3. The van der Waals surface area contributed by atoms with Gasteiger partial charge in [-0.15, -0.1) is 0 Å². The van der Waals surface area contributed by atoms with Crippen molar-refractivity contribution >= 4 is 11.7 Å². The summed E-state index contributed by atoms with van der Waals surface area (Å²) in [5.41, 5.74) is 1.05. The highest BCUT2D eigenvalue weighted by Crippen LogP contribution is 2.31. The molecule has 1 aliphatic heterocycles. The fraction of sp³-hybridized carbons (Fsp3) is 0.636. The molecule has 1 aromatic rings. The van der Waals surface area contributed by atoms with Crippen LogP contribution in [0.3, 0.4) is 0 Å². The van der Waals surface area contributed by atoms with Gasteiger partial charge in [0.2, 0.25) is 5.91 Å². The van der Waals surface area contributed by atoms with Crippen LogP contribution in [-0.2, 0) is 10.2 Å². The van der Waals surface area contributed by atoms with Gasteiger partial charge >= 0.3 is 0 Å². The van der Waals surface area contributed by atoms with Gasteiger partial charge in [0.05, 0.1) is 5.69 Å². The van der Waals surface area contributed by atoms with E-state index in [1.165, 1.54) is 0 Å². The van der Waals surface area contributed by atoms with Crippen LogP contribution >= 0.6 is 0 Å². The van der Waals surface area contributed by atoms with E-state index in [-0.39, 0.29) is 17.4 Å². The number of rotatable bonds is 1. The van der Waals surface area contributed by atoms with Gasteiger partial charge in [-0.3, -0.25) is 4.79 Å². The van der Waals surface area contributed by atoms with Crippen molar-refractivity contribution in [3.8, 4) is 0 Å². The first kappa shape index (κ1) is 10.2. The summed E-state index contributed by atoms with van der Waals surface area (Å²) in [6.45, 7) is 8.35. The third-order valence-electron chi connectivity index (χ3n) is 2.74. The Morgan fingerprint density at radius 1 is 1.53 bits per heavy atom. The molecule has 0 bridgehead atoms. The maximum Gasteiger partial charge on any atom is 0.250 e. The SMILES string of the molecule is CCC1C(=O)Nc2cc(C(C)(C)C)nn21. The number of carbonyl (C=O) groups is 1. The van der Waals surface area contributed by atoms with Gasteiger partial charge in [0.15, 0.2) is 0 Å². The zero-order valence-electron chi connectivity index (χ0n) is 9.66. The molecule has 4 nitrogen and oxygen atoms in total. The number of aromatic nitrogens is 2. The third-order valence-corrected chi connectivity index (χ3v) is 2.74. The molecule has 15 heavy (non-hydrogen) atoms. The predicted molar refractivity (Wildman–Crippen MR) is 58.9 cm³/mol. The number of carbonyl (C=O) groups excluding carboxylic acids is 1. The number of fused-ring (bicyclic) bond motifs is 1. The van der Waals surface area contributed by atoms with Crippen molar-refractivity contribution in [1.82, 2.24) is 9.78 Å². The predicted octanol–water partition coefficient (Wildman–Crippen LogP) is 2.08. The summed E-state index contributed by atoms with van der Waals surface area (Å²) in [7, 11) is 0. The highest BCUT2D eigenvalue weighted by molar-refractivity contribution is 5.96. The maximum absolute atomic E-state index is 11.5. The van der Waals surface area contributed by atoms with Gasteiger partial charge in [0.25, 0.3) is 0 Å². The average Bonchev–Trinajstić information content (AvgIpc) is 2.59. The molecule has 1 unspecified atom stereocenters. The van der Waals surface area contributed by atoms with Crippen LogP contribution < -0.4 is 5.32 Å². The Bertz CT molecular complexity index is 400. The Kier molecular flexibility index (Phi) is 2.10. The molecule has 82 valence electrons. The molecule has 2 heterocycles. The van der Waals surface area contributed by atoms with Crippen molar-refractivity contribution in [1.29, 1.82) is 0 Å². The zero-order chi connectivity index (χ0) is 11.2. The van der Waals surface area contributed by atoms with Crippen LogP contribution in [0.2, 0.25) is 0 Å². The summed E-state index contributed by atoms with van der Waals surface area (Å²) in [6, 6.07) is 1.84. The number of amides is 1. The monoisotopic (exact) mass is 207 g/mol. The second kappa shape index (κ2) is 3.08. The standard InChI is InChI=1S/C11H17N3O/c1-5-7-10(15)12-9-6-8(11(2,3)4)13-14(7)9/h6-7H,5H2,1-4H3,(H,12,15). The van der Waals surface area contributed by atoms with Crippen LogP contribution in [0.15, 0.2) is 6.07 Å². The number of anilines is 1. The molecule has 0 radical (unpaired) electrons. The first-order chi connectivity index (χ1) is 6.93. The molecular formula is C11H17N3O. The van der Waals surface area contributed by atoms with E-state index in [1.807, 2.05) is 17.7 Å². The van der Waals surface area contributed by atoms with E-state index in [2.05, 4.69) is 31.2 Å². The fourth-order valence-electron chi connectivity index (χ4n) is 1.77. The summed E-state index contributed by atoms with van der Waals surface area (Å²) in [5, 5.41) is 7.35. The first-order valence-electron chi connectivity index (χ1n) is 5.34. The lowest BCUT2D eigenvalue weighted by molar-refractivity contribution is -0.118. The Morgan fingerprint density at radius 3 is 2.73 bits per heavy atom. The highest BCUT2D eigenvalue weighted by Gasteiger charge is 2.32. The summed E-state index contributed by atoms with van der Waals surface area (Å²) >= 11 is 0. The number of hydrogen-bond acceptors (Lipinski definition) is 2. The van der Waals surface area contributed by atoms with Crippen LogP contribution in [0.25, 0.3) is 0 Å². The summed E-state index contributed by atoms with van der Waals surface area (Å²) < 4.78 is 1.81. The molecule has 0 fully saturated rings. The van der Waals surface area contributed by atoms with E-state index < -0.39 is 0 Å². The van der Waals surface area contributed by atoms with Crippen LogP contribution in [-0.4, -0.2) is 15.7 Å². The lowest BCUT2D eigenvalue weighted by atomic mass is 9.92. The lowest BCUT2D eigenvalue weighted by Gasteiger charge is -2.15. The highest BCUT2D eigenvalue weighted by atomic mass is 16.2. The Hall–Kier alpha value is -1.32. The molecule has 1 atom stereocenters. The van der Waals surface area contributed by atoms with Crippen molar-refractivity contribution in [2.24, 2.45) is 0 Å². The smallest absolute Gasteiger partial charge is 0.250 e. The van der Waals surface area contributed by atoms with Crippen molar-refractivity contribution in [3.05, 3.63) is 11.8 Å². The summed E-state index contributed by atoms with van der Waals surface area (Å²) in [4.78, 5) is 11.5. The minimum Gasteiger partial charge on any atom is -0.309 e. The minimum atomic E-state index is -0.129. The van der Waals surface area contributed by atoms with E-state index >= 15 is 0 Å². The molecule has 0 aromatic carbocycles. The number of hydrogen-bond donors (Lipinski definition) is 1. The van der Waals surface area contributed by atoms with Crippen LogP contribution in [0, 0.1) is 0 Å². The quantitative estimate of drug-likeness (QED) is 0.766. The Morgan fingerprint density at radius 2 is 2.20 bits per heavy atom. The second-order valence-corrected chi connectivity index (χ2v) is 5.02. The van der Waals surface area contributed by atoms with Crippen LogP contribution in [0.5, 0.6) is 0 Å². The molecular weight excluding hydrogens is 190 g/mol. The molecule has 1 N–H and O–H groups in total. The van der Waals surface area contributed by atoms with Gasteiger partial charge < -0.3 is 5.32 Å². The second-order valence-electron chi connectivity index (χ2n) is 5.02. The van der Waals surface area contributed by atoms with Gasteiger partial charge in [-0.1, -0.05) is 27.7 Å². The molecule has 1 amide bonds. The van der Waals surface area contributed by atoms with E-state index in [0.717, 1.165) is 17.9 Å². The van der Waals surface area contributed by atoms with Crippen LogP contribution in [0.4, 0.5) is 5.82 Å². The lowest BCUT2D eigenvalue weighted by Crippen LogP contribution is -2.18. The maximum atomic E-state index is 11.5. The van der Waals surface area contributed by atoms with E-state index in [9.17, 15) is 4.79 Å². The molecule has 0 spiro atoms. The fourth-order valence-corrected chi connectivity index (χ4v) is 1.77. The molecule has 1 aliphatic rings. The van der Waals surface area contributed by atoms with Gasteiger partial charge in [-0.25, -0.2) is 4.68 Å². The minimum absolute atomic E-state index is 0.0281. The van der Waals surface area contributed by atoms with E-state index in [4.69, 9.17) is 0 Å². The molecule has 2 rings (SSSR count). The van der Waals surface area contributed by atoms with Gasteiger partial charge in [-0.05, 0) is 6.42 Å². The Balaban J connectivity index is 2.41. The van der Waals surface area contributed by atoms with Crippen molar-refractivity contribution in [3.63, 3.8) is 0 Å². The average molecular weight is 207 g/mol. The van der Waals surface area contributed by atoms with Crippen molar-refractivity contribution in [2.45, 2.75) is 45.6 Å². The first-order valence-corrected chi connectivity index (χ1v) is 5.34. The van der Waals surface area contributed by atoms with Gasteiger partial charge in [0.1, 0.15) is 11.9 Å². The van der Waals surface area contributed by atoms with Gasteiger partial charge in [-0.2, -0.15) is 5.10 Å². The largest absolute Gasteiger partial charge is 0.309 e. The molecule has 4 heteroatoms. The summed E-state index contributed by atoms with van der Waals surface area (Å²) in [6.07, 6.45) is 0.782. The van der Waals surface area contributed by atoms with Crippen molar-refractivity contribution in [2.75, 3.05) is 5.32 Å². The number of nitrogens with one attached hydrogen (secondary N) is 1. The van der Waals surface area contributed by atoms with Crippen molar-refractivity contribution < 1.29 is 4.79 Å². The molecule has 0 aliphatic carbocycles. The molecule has 1 aromatic heterocycles.